The normalized spacial score (nSPS) is 14.3. The Kier molecular flexibility index (Phi) is 3.17. The molecule has 0 aliphatic heterocycles. The Morgan fingerprint density at radius 3 is 3.06 bits per heavy atom. The minimum absolute atomic E-state index is 0.200. The summed E-state index contributed by atoms with van der Waals surface area (Å²) in [6.07, 6.45) is 5.99. The lowest BCUT2D eigenvalue weighted by Crippen LogP contribution is -2.09. The van der Waals surface area contributed by atoms with E-state index in [1.165, 1.54) is 29.7 Å². The van der Waals surface area contributed by atoms with Gasteiger partial charge < -0.3 is 10.3 Å². The van der Waals surface area contributed by atoms with E-state index in [0.29, 0.717) is 10.3 Å². The highest BCUT2D eigenvalue weighted by Gasteiger charge is 2.16. The Morgan fingerprint density at radius 2 is 2.22 bits per heavy atom. The maximum Gasteiger partial charge on any atom is 0.267 e. The molecule has 0 atom stereocenters. The van der Waals surface area contributed by atoms with Crippen molar-refractivity contribution in [3.05, 3.63) is 31.7 Å². The van der Waals surface area contributed by atoms with Crippen LogP contribution in [0.25, 0.3) is 0 Å². The molecule has 2 heterocycles. The zero-order valence-electron chi connectivity index (χ0n) is 9.49. The molecule has 0 bridgehead atoms. The second kappa shape index (κ2) is 4.81. The number of halogens is 1. The first-order valence-electron chi connectivity index (χ1n) is 5.73. The molecule has 0 spiro atoms. The number of rotatable bonds is 2. The first-order chi connectivity index (χ1) is 8.74. The Balaban J connectivity index is 1.90. The molecule has 1 aliphatic rings. The van der Waals surface area contributed by atoms with E-state index in [2.05, 4.69) is 36.2 Å². The lowest BCUT2D eigenvalue weighted by molar-refractivity contribution is 0.683. The largest absolute Gasteiger partial charge is 0.315 e. The van der Waals surface area contributed by atoms with Gasteiger partial charge in [0, 0.05) is 4.88 Å². The molecule has 0 amide bonds. The SMILES string of the molecule is O=c1[nH]cnc(Nc2nc3c(s2)CCCC3)c1Br. The fraction of sp³-hybridized carbons (Fsp3) is 0.364. The minimum atomic E-state index is -0.200. The third-order valence-corrected chi connectivity index (χ3v) is 4.68. The number of aromatic amines is 1. The first-order valence-corrected chi connectivity index (χ1v) is 7.34. The van der Waals surface area contributed by atoms with Crippen molar-refractivity contribution in [3.63, 3.8) is 0 Å². The summed E-state index contributed by atoms with van der Waals surface area (Å²) in [6, 6.07) is 0. The highest BCUT2D eigenvalue weighted by atomic mass is 79.9. The summed E-state index contributed by atoms with van der Waals surface area (Å²) in [5, 5.41) is 3.91. The predicted octanol–water partition coefficient (Wildman–Crippen LogP) is 2.61. The number of H-pyrrole nitrogens is 1. The predicted molar refractivity (Wildman–Crippen MR) is 74.6 cm³/mol. The van der Waals surface area contributed by atoms with Crippen LogP contribution in [0.3, 0.4) is 0 Å². The lowest BCUT2D eigenvalue weighted by Gasteiger charge is -2.06. The Morgan fingerprint density at radius 1 is 1.39 bits per heavy atom. The van der Waals surface area contributed by atoms with Gasteiger partial charge in [0.25, 0.3) is 5.56 Å². The summed E-state index contributed by atoms with van der Waals surface area (Å²) in [4.78, 5) is 23.9. The Hall–Kier alpha value is -1.21. The molecule has 2 aromatic rings. The van der Waals surface area contributed by atoms with Crippen molar-refractivity contribution < 1.29 is 0 Å². The van der Waals surface area contributed by atoms with E-state index in [-0.39, 0.29) is 5.56 Å². The molecule has 94 valence electrons. The second-order valence-electron chi connectivity index (χ2n) is 4.12. The van der Waals surface area contributed by atoms with Gasteiger partial charge in [0.1, 0.15) is 4.47 Å². The van der Waals surface area contributed by atoms with Crippen LogP contribution >= 0.6 is 27.3 Å². The standard InChI is InChI=1S/C11H11BrN4OS/c12-8-9(13-5-14-10(8)17)16-11-15-6-3-1-2-4-7(6)18-11/h5H,1-4H2,(H2,13,14,15,16,17). The summed E-state index contributed by atoms with van der Waals surface area (Å²) < 4.78 is 0.401. The van der Waals surface area contributed by atoms with Crippen molar-refractivity contribution in [1.82, 2.24) is 15.0 Å². The molecule has 0 saturated carbocycles. The molecule has 2 aromatic heterocycles. The van der Waals surface area contributed by atoms with Crippen molar-refractivity contribution in [2.75, 3.05) is 5.32 Å². The summed E-state index contributed by atoms with van der Waals surface area (Å²) >= 11 is 4.87. The molecule has 5 nitrogen and oxygen atoms in total. The van der Waals surface area contributed by atoms with Crippen LogP contribution in [0.4, 0.5) is 10.9 Å². The van der Waals surface area contributed by atoms with Gasteiger partial charge in [-0.05, 0) is 41.6 Å². The van der Waals surface area contributed by atoms with Crippen LogP contribution in [-0.2, 0) is 12.8 Å². The van der Waals surface area contributed by atoms with E-state index in [1.807, 2.05) is 0 Å². The molecule has 0 unspecified atom stereocenters. The van der Waals surface area contributed by atoms with Crippen LogP contribution in [0.2, 0.25) is 0 Å². The molecule has 2 N–H and O–H groups in total. The molecule has 0 fully saturated rings. The molecular weight excluding hydrogens is 316 g/mol. The number of anilines is 2. The molecular formula is C11H11BrN4OS. The van der Waals surface area contributed by atoms with E-state index >= 15 is 0 Å². The van der Waals surface area contributed by atoms with Crippen molar-refractivity contribution in [3.8, 4) is 0 Å². The van der Waals surface area contributed by atoms with Crippen LogP contribution < -0.4 is 10.9 Å². The number of nitrogens with one attached hydrogen (secondary N) is 2. The number of hydrogen-bond donors (Lipinski definition) is 2. The maximum absolute atomic E-state index is 11.4. The molecule has 0 saturated heterocycles. The Bertz CT molecular complexity index is 613. The minimum Gasteiger partial charge on any atom is -0.315 e. The highest BCUT2D eigenvalue weighted by Crippen LogP contribution is 2.31. The number of aromatic nitrogens is 3. The Labute approximate surface area is 116 Å². The highest BCUT2D eigenvalue weighted by molar-refractivity contribution is 9.10. The van der Waals surface area contributed by atoms with Gasteiger partial charge in [0.2, 0.25) is 0 Å². The average molecular weight is 327 g/mol. The zero-order valence-corrected chi connectivity index (χ0v) is 11.9. The number of thiazole rings is 1. The second-order valence-corrected chi connectivity index (χ2v) is 5.99. The molecule has 7 heteroatoms. The monoisotopic (exact) mass is 326 g/mol. The van der Waals surface area contributed by atoms with Crippen LogP contribution in [0, 0.1) is 0 Å². The zero-order chi connectivity index (χ0) is 12.5. The van der Waals surface area contributed by atoms with E-state index in [0.717, 1.165) is 18.0 Å². The molecule has 3 rings (SSSR count). The van der Waals surface area contributed by atoms with Gasteiger partial charge in [-0.25, -0.2) is 9.97 Å². The summed E-state index contributed by atoms with van der Waals surface area (Å²) in [5.74, 6) is 0.504. The number of nitrogens with zero attached hydrogens (tertiary/aromatic N) is 2. The van der Waals surface area contributed by atoms with Gasteiger partial charge in [-0.1, -0.05) is 0 Å². The topological polar surface area (TPSA) is 70.7 Å². The smallest absolute Gasteiger partial charge is 0.267 e. The third kappa shape index (κ3) is 2.20. The van der Waals surface area contributed by atoms with Crippen LogP contribution in [-0.4, -0.2) is 15.0 Å². The molecule has 0 aromatic carbocycles. The van der Waals surface area contributed by atoms with Gasteiger partial charge in [-0.3, -0.25) is 4.79 Å². The van der Waals surface area contributed by atoms with Crippen LogP contribution in [0.15, 0.2) is 15.6 Å². The lowest BCUT2D eigenvalue weighted by atomic mass is 10.0. The van der Waals surface area contributed by atoms with Gasteiger partial charge >= 0.3 is 0 Å². The van der Waals surface area contributed by atoms with Crippen molar-refractivity contribution in [2.45, 2.75) is 25.7 Å². The van der Waals surface area contributed by atoms with Gasteiger partial charge in [-0.15, -0.1) is 11.3 Å². The van der Waals surface area contributed by atoms with Gasteiger partial charge in [0.05, 0.1) is 12.0 Å². The van der Waals surface area contributed by atoms with Crippen LogP contribution in [0.5, 0.6) is 0 Å². The van der Waals surface area contributed by atoms with Crippen LogP contribution in [0.1, 0.15) is 23.4 Å². The fourth-order valence-corrected chi connectivity index (χ4v) is 3.34. The molecule has 18 heavy (non-hydrogen) atoms. The summed E-state index contributed by atoms with van der Waals surface area (Å²) in [6.45, 7) is 0. The summed E-state index contributed by atoms with van der Waals surface area (Å²) in [5.41, 5.74) is 0.989. The van der Waals surface area contributed by atoms with Gasteiger partial charge in [-0.2, -0.15) is 0 Å². The van der Waals surface area contributed by atoms with E-state index in [1.54, 1.807) is 11.3 Å². The van der Waals surface area contributed by atoms with E-state index in [4.69, 9.17) is 0 Å². The number of aryl methyl sites for hydroxylation is 2. The van der Waals surface area contributed by atoms with Crippen molar-refractivity contribution in [2.24, 2.45) is 0 Å². The first kappa shape index (κ1) is 11.9. The maximum atomic E-state index is 11.4. The van der Waals surface area contributed by atoms with Gasteiger partial charge in [0.15, 0.2) is 10.9 Å². The van der Waals surface area contributed by atoms with E-state index in [9.17, 15) is 4.79 Å². The summed E-state index contributed by atoms with van der Waals surface area (Å²) in [7, 11) is 0. The van der Waals surface area contributed by atoms with E-state index < -0.39 is 0 Å². The number of fused-ring (bicyclic) bond motifs is 1. The fourth-order valence-electron chi connectivity index (χ4n) is 1.98. The average Bonchev–Trinajstić information content (AvgIpc) is 2.77. The van der Waals surface area contributed by atoms with Crippen molar-refractivity contribution in [1.29, 1.82) is 0 Å². The third-order valence-electron chi connectivity index (χ3n) is 2.87. The van der Waals surface area contributed by atoms with Crippen molar-refractivity contribution >= 4 is 38.2 Å². The molecule has 0 radical (unpaired) electrons. The number of hydrogen-bond acceptors (Lipinski definition) is 5. The molecule has 1 aliphatic carbocycles. The quantitative estimate of drug-likeness (QED) is 0.889.